The molecule has 6 rings (SSSR count). The normalized spacial score (nSPS) is 22.2. The molecule has 3 aromatic rings. The van der Waals surface area contributed by atoms with Crippen LogP contribution in [0.3, 0.4) is 0 Å². The van der Waals surface area contributed by atoms with Crippen molar-refractivity contribution in [3.05, 3.63) is 48.3 Å². The molecule has 0 radical (unpaired) electrons. The maximum absolute atomic E-state index is 13.6. The van der Waals surface area contributed by atoms with Crippen LogP contribution in [0.5, 0.6) is 5.75 Å². The van der Waals surface area contributed by atoms with Crippen LogP contribution >= 0.6 is 0 Å². The largest absolute Gasteiger partial charge is 0.490 e. The number of carbonyl (C=O) groups excluding carboxylic acids is 1. The lowest BCUT2D eigenvalue weighted by molar-refractivity contribution is -0.190. The summed E-state index contributed by atoms with van der Waals surface area (Å²) in [4.78, 5) is 24.6. The Kier molecular flexibility index (Phi) is 7.94. The van der Waals surface area contributed by atoms with Crippen molar-refractivity contribution >= 4 is 27.6 Å². The fraction of sp³-hybridized carbons (Fsp3) is 0.533. The zero-order valence-corrected chi connectivity index (χ0v) is 25.9. The molecular weight excluding hydrogens is 611 g/mol. The predicted octanol–water partition coefficient (Wildman–Crippen LogP) is 5.09. The summed E-state index contributed by atoms with van der Waals surface area (Å²) in [6, 6.07) is 7.61. The molecule has 0 spiro atoms. The summed E-state index contributed by atoms with van der Waals surface area (Å²) in [5.41, 5.74) is -1.97. The van der Waals surface area contributed by atoms with Gasteiger partial charge in [-0.25, -0.2) is 19.4 Å². The summed E-state index contributed by atoms with van der Waals surface area (Å²) in [7, 11) is -4.31. The van der Waals surface area contributed by atoms with E-state index in [1.807, 2.05) is 4.90 Å². The minimum atomic E-state index is -4.31. The second kappa shape index (κ2) is 11.5. The average Bonchev–Trinajstić information content (AvgIpc) is 3.53. The highest BCUT2D eigenvalue weighted by Gasteiger charge is 2.62. The molecular formula is C30H36F3N7O4S. The number of alkyl halides is 3. The fourth-order valence-electron chi connectivity index (χ4n) is 6.27. The quantitative estimate of drug-likeness (QED) is 0.389. The fourth-order valence-corrected chi connectivity index (χ4v) is 7.20. The monoisotopic (exact) mass is 647 g/mol. The maximum atomic E-state index is 13.6. The molecule has 2 fully saturated rings. The molecule has 3 aromatic heterocycles. The van der Waals surface area contributed by atoms with Gasteiger partial charge in [-0.2, -0.15) is 26.7 Å². The van der Waals surface area contributed by atoms with Gasteiger partial charge in [0.25, 0.3) is 15.9 Å². The predicted molar refractivity (Wildman–Crippen MR) is 160 cm³/mol. The summed E-state index contributed by atoms with van der Waals surface area (Å²) in [5.74, 6) is 0.822. The molecule has 1 saturated heterocycles. The number of ether oxygens (including phenoxy) is 1. The van der Waals surface area contributed by atoms with Crippen LogP contribution in [0.15, 0.2) is 47.8 Å². The van der Waals surface area contributed by atoms with Crippen LogP contribution in [0.25, 0.3) is 5.82 Å². The number of rotatable bonds is 5. The van der Waals surface area contributed by atoms with Crippen molar-refractivity contribution in [3.8, 4) is 11.6 Å². The van der Waals surface area contributed by atoms with E-state index in [0.29, 0.717) is 36.5 Å². The van der Waals surface area contributed by atoms with Crippen LogP contribution in [0.2, 0.25) is 0 Å². The molecule has 2 aliphatic heterocycles. The number of sulfonamides is 1. The Balaban J connectivity index is 1.30. The van der Waals surface area contributed by atoms with Crippen LogP contribution in [0, 0.1) is 11.3 Å². The highest BCUT2D eigenvalue weighted by atomic mass is 32.2. The van der Waals surface area contributed by atoms with E-state index in [0.717, 1.165) is 25.7 Å². The third-order valence-electron chi connectivity index (χ3n) is 8.99. The van der Waals surface area contributed by atoms with Crippen LogP contribution in [-0.4, -0.2) is 65.5 Å². The lowest BCUT2D eigenvalue weighted by Crippen LogP contribution is -2.41. The van der Waals surface area contributed by atoms with E-state index in [1.54, 1.807) is 12.1 Å². The Labute approximate surface area is 259 Å². The molecule has 15 heteroatoms. The number of hydrogen-bond donors (Lipinski definition) is 2. The van der Waals surface area contributed by atoms with Crippen molar-refractivity contribution in [2.45, 2.75) is 75.5 Å². The van der Waals surface area contributed by atoms with Gasteiger partial charge in [0.05, 0.1) is 30.0 Å². The second-order valence-corrected chi connectivity index (χ2v) is 14.4. The number of halogens is 3. The lowest BCUT2D eigenvalue weighted by atomic mass is 9.93. The maximum Gasteiger partial charge on any atom is 0.394 e. The van der Waals surface area contributed by atoms with E-state index in [4.69, 9.17) is 9.72 Å². The van der Waals surface area contributed by atoms with Crippen LogP contribution in [0.4, 0.5) is 24.8 Å². The van der Waals surface area contributed by atoms with Crippen molar-refractivity contribution in [1.29, 1.82) is 0 Å². The number of amides is 1. The Morgan fingerprint density at radius 2 is 1.91 bits per heavy atom. The molecule has 45 heavy (non-hydrogen) atoms. The number of aromatic nitrogens is 4. The molecule has 3 aliphatic rings. The van der Waals surface area contributed by atoms with Gasteiger partial charge in [0, 0.05) is 18.6 Å². The zero-order chi connectivity index (χ0) is 32.0. The van der Waals surface area contributed by atoms with Gasteiger partial charge in [-0.1, -0.05) is 12.5 Å². The molecule has 1 atom stereocenters. The van der Waals surface area contributed by atoms with Crippen molar-refractivity contribution in [3.63, 3.8) is 0 Å². The van der Waals surface area contributed by atoms with Crippen molar-refractivity contribution in [2.75, 3.05) is 29.9 Å². The summed E-state index contributed by atoms with van der Waals surface area (Å²) >= 11 is 0. The van der Waals surface area contributed by atoms with E-state index in [2.05, 4.69) is 34.0 Å². The molecule has 1 unspecified atom stereocenters. The van der Waals surface area contributed by atoms with Crippen LogP contribution < -0.4 is 19.7 Å². The Hall–Kier alpha value is -3.88. The molecule has 2 N–H and O–H groups in total. The summed E-state index contributed by atoms with van der Waals surface area (Å²) in [6.07, 6.45) is 2.44. The first-order valence-corrected chi connectivity index (χ1v) is 16.6. The minimum absolute atomic E-state index is 0.0722. The minimum Gasteiger partial charge on any atom is -0.490 e. The summed E-state index contributed by atoms with van der Waals surface area (Å²) in [6.45, 7) is 5.29. The third-order valence-corrected chi connectivity index (χ3v) is 10.2. The van der Waals surface area contributed by atoms with Crippen molar-refractivity contribution in [1.82, 2.24) is 24.5 Å². The molecule has 242 valence electrons. The van der Waals surface area contributed by atoms with Gasteiger partial charge in [0.2, 0.25) is 0 Å². The highest BCUT2D eigenvalue weighted by Crippen LogP contribution is 2.59. The van der Waals surface area contributed by atoms with E-state index in [9.17, 15) is 26.4 Å². The molecule has 1 amide bonds. The first kappa shape index (κ1) is 31.1. The topological polar surface area (TPSA) is 131 Å². The number of nitrogens with zero attached hydrogens (tertiary/aromatic N) is 5. The van der Waals surface area contributed by atoms with Gasteiger partial charge < -0.3 is 15.0 Å². The van der Waals surface area contributed by atoms with Gasteiger partial charge in [-0.3, -0.25) is 4.79 Å². The zero-order valence-electron chi connectivity index (χ0n) is 25.1. The van der Waals surface area contributed by atoms with Crippen LogP contribution in [0.1, 0.15) is 69.2 Å². The first-order chi connectivity index (χ1) is 21.3. The number of fused-ring (bicyclic) bond motifs is 6. The van der Waals surface area contributed by atoms with Crippen molar-refractivity contribution < 1.29 is 31.1 Å². The Morgan fingerprint density at radius 1 is 1.11 bits per heavy atom. The van der Waals surface area contributed by atoms with Gasteiger partial charge in [0.1, 0.15) is 11.6 Å². The summed E-state index contributed by atoms with van der Waals surface area (Å²) in [5, 5.41) is 7.18. The van der Waals surface area contributed by atoms with E-state index in [-0.39, 0.29) is 47.7 Å². The van der Waals surface area contributed by atoms with E-state index >= 15 is 0 Å². The van der Waals surface area contributed by atoms with E-state index < -0.39 is 27.5 Å². The average molecular weight is 648 g/mol. The SMILES string of the molecule is CC1(C)CC2CCCCNc3cccc(n3)S(=O)(=O)NC(=O)c3ccc(-n4cc(OCCC5(C(F)(F)F)CC5)cn4)nc3N1C2. The van der Waals surface area contributed by atoms with Crippen molar-refractivity contribution in [2.24, 2.45) is 11.3 Å². The highest BCUT2D eigenvalue weighted by molar-refractivity contribution is 7.90. The lowest BCUT2D eigenvalue weighted by Gasteiger charge is -2.34. The standard InChI is InChI=1S/C30H36F3N7O4S/c1-28(2)16-20-6-3-4-14-34-23-7-5-8-25(36-23)45(42,43)38-27(41)22-9-10-24(37-26(22)39(28)18-20)40-19-21(17-35-40)44-15-13-29(11-12-29)30(31,32)33/h5,7-10,17,19-20H,3-4,6,11-16,18H2,1-2H3,(H,34,36)(H,38,41). The van der Waals surface area contributed by atoms with Gasteiger partial charge >= 0.3 is 6.18 Å². The van der Waals surface area contributed by atoms with Crippen LogP contribution in [-0.2, 0) is 10.0 Å². The molecule has 4 bridgehead atoms. The summed E-state index contributed by atoms with van der Waals surface area (Å²) < 4.78 is 75.5. The molecule has 5 heterocycles. The molecule has 1 saturated carbocycles. The number of anilines is 2. The molecule has 1 aliphatic carbocycles. The number of hydrogen-bond acceptors (Lipinski definition) is 9. The third kappa shape index (κ3) is 6.44. The van der Waals surface area contributed by atoms with Gasteiger partial charge in [-0.05, 0) is 82.6 Å². The number of carbonyl (C=O) groups is 1. The smallest absolute Gasteiger partial charge is 0.394 e. The van der Waals surface area contributed by atoms with Gasteiger partial charge in [0.15, 0.2) is 16.6 Å². The Morgan fingerprint density at radius 3 is 2.67 bits per heavy atom. The number of pyridine rings is 2. The van der Waals surface area contributed by atoms with E-state index in [1.165, 1.54) is 35.3 Å². The Bertz CT molecular complexity index is 1690. The van der Waals surface area contributed by atoms with Gasteiger partial charge in [-0.15, -0.1) is 0 Å². The first-order valence-electron chi connectivity index (χ1n) is 15.1. The molecule has 11 nitrogen and oxygen atoms in total. The second-order valence-electron chi connectivity index (χ2n) is 12.7. The number of nitrogens with one attached hydrogen (secondary N) is 2. The molecule has 0 aromatic carbocycles.